The summed E-state index contributed by atoms with van der Waals surface area (Å²) in [5.74, 6) is -10.5. The molecule has 0 bridgehead atoms. The molecule has 0 spiro atoms. The van der Waals surface area contributed by atoms with Gasteiger partial charge in [-0.3, -0.25) is 52.7 Å². The molecule has 4 rings (SSSR count). The Bertz CT molecular complexity index is 2280. The second kappa shape index (κ2) is 29.8. The van der Waals surface area contributed by atoms with Gasteiger partial charge in [0, 0.05) is 76.2 Å². The van der Waals surface area contributed by atoms with Gasteiger partial charge in [-0.2, -0.15) is 5.26 Å². The summed E-state index contributed by atoms with van der Waals surface area (Å²) in [7, 11) is 0. The zero-order valence-electron chi connectivity index (χ0n) is 45.5. The van der Waals surface area contributed by atoms with Crippen LogP contribution in [0, 0.1) is 11.3 Å². The van der Waals surface area contributed by atoms with Crippen molar-refractivity contribution in [3.63, 3.8) is 0 Å². The Labute approximate surface area is 457 Å². The van der Waals surface area contributed by atoms with Crippen LogP contribution in [0.15, 0.2) is 0 Å². The molecule has 0 aromatic rings. The number of carbonyl (C=O) groups is 11. The molecule has 0 aromatic carbocycles. The van der Waals surface area contributed by atoms with Gasteiger partial charge >= 0.3 is 59.7 Å². The van der Waals surface area contributed by atoms with E-state index in [9.17, 15) is 58.0 Å². The van der Waals surface area contributed by atoms with Crippen molar-refractivity contribution in [3.05, 3.63) is 0 Å². The summed E-state index contributed by atoms with van der Waals surface area (Å²) < 4.78 is 101. The number of ether oxygens (including phenoxy) is 17. The number of hydrogen-bond acceptors (Lipinski definition) is 30. The van der Waals surface area contributed by atoms with Crippen LogP contribution in [0.3, 0.4) is 0 Å². The van der Waals surface area contributed by atoms with Crippen LogP contribution in [-0.2, 0) is 133 Å². The smallest absolute Gasteiger partial charge is 0.303 e. The number of esters is 10. The van der Waals surface area contributed by atoms with Crippen LogP contribution in [-0.4, -0.2) is 206 Å². The summed E-state index contributed by atoms with van der Waals surface area (Å²) in [6.45, 7) is 12.5. The lowest BCUT2D eigenvalue weighted by atomic mass is 9.94. The van der Waals surface area contributed by atoms with Crippen LogP contribution in [0.1, 0.15) is 90.0 Å². The monoisotopic (exact) mass is 1150 g/mol. The van der Waals surface area contributed by atoms with Gasteiger partial charge in [-0.05, 0) is 13.8 Å². The van der Waals surface area contributed by atoms with Crippen molar-refractivity contribution in [2.75, 3.05) is 19.0 Å². The Morgan fingerprint density at radius 3 is 1.11 bits per heavy atom. The van der Waals surface area contributed by atoms with Crippen molar-refractivity contribution in [1.82, 2.24) is 5.32 Å². The lowest BCUT2D eigenvalue weighted by molar-refractivity contribution is -0.384. The van der Waals surface area contributed by atoms with E-state index < -0.39 is 201 Å². The van der Waals surface area contributed by atoms with Crippen LogP contribution in [0.4, 0.5) is 0 Å². The molecule has 1 N–H and O–H groups in total. The Morgan fingerprint density at radius 1 is 0.405 bits per heavy atom. The lowest BCUT2D eigenvalue weighted by Crippen LogP contribution is -2.70. The number of amides is 1. The number of rotatable bonds is 21. The molecule has 79 heavy (non-hydrogen) atoms. The molecule has 4 saturated heterocycles. The molecule has 442 valence electrons. The Hall–Kier alpha value is -6.27. The molecular weight excluding hydrogens is 1080 g/mol. The second-order valence-electron chi connectivity index (χ2n) is 18.2. The fourth-order valence-electron chi connectivity index (χ4n) is 8.96. The molecule has 4 heterocycles. The quantitative estimate of drug-likeness (QED) is 0.111. The van der Waals surface area contributed by atoms with E-state index in [0.717, 1.165) is 87.9 Å². The SMILES string of the molecule is CC(=O)NC1C(O[C@@H]2O[C@@H](COC(C)=O)C(OC(C)=O)C(OC(C)=O)C2O[C@@H]2O[C@@H](C)C(OC(C)=O)C(OC(C)=O)C2OC(C)=O)C(OC2OC(C)C(OC(C)=O)C(OC(C)=O)C2OC(C)=O)[C@H](COC(C)=O)O[C@H]1SCC#N. The highest BCUT2D eigenvalue weighted by Gasteiger charge is 2.60. The number of nitrogens with zero attached hydrogens (tertiary/aromatic N) is 1. The summed E-state index contributed by atoms with van der Waals surface area (Å²) in [6, 6.07) is 0.417. The first-order valence-corrected chi connectivity index (χ1v) is 25.5. The molecule has 0 radical (unpaired) electrons. The zero-order chi connectivity index (χ0) is 59.2. The predicted molar refractivity (Wildman–Crippen MR) is 254 cm³/mol. The first-order chi connectivity index (χ1) is 37.0. The molecule has 20 atom stereocenters. The number of hydrogen-bond donors (Lipinski definition) is 1. The van der Waals surface area contributed by atoms with Gasteiger partial charge in [0.1, 0.15) is 43.1 Å². The van der Waals surface area contributed by atoms with Gasteiger partial charge in [0.2, 0.25) is 5.91 Å². The molecule has 4 aliphatic rings. The fourth-order valence-corrected chi connectivity index (χ4v) is 9.85. The number of thioether (sulfide) groups is 1. The maximum atomic E-state index is 13.3. The molecule has 4 aliphatic heterocycles. The molecule has 0 saturated carbocycles. The van der Waals surface area contributed by atoms with Gasteiger partial charge in [-0.1, -0.05) is 0 Å². The minimum atomic E-state index is -2.13. The molecule has 4 fully saturated rings. The van der Waals surface area contributed by atoms with Crippen LogP contribution >= 0.6 is 11.8 Å². The molecule has 0 aromatic heterocycles. The number of nitrogens with one attached hydrogen (secondary N) is 1. The third-order valence-corrected chi connectivity index (χ3v) is 12.6. The van der Waals surface area contributed by atoms with Gasteiger partial charge in [0.15, 0.2) is 73.8 Å². The summed E-state index contributed by atoms with van der Waals surface area (Å²) in [5.41, 5.74) is -1.36. The molecule has 0 aliphatic carbocycles. The van der Waals surface area contributed by atoms with Gasteiger partial charge < -0.3 is 85.8 Å². The van der Waals surface area contributed by atoms with Crippen LogP contribution in [0.25, 0.3) is 0 Å². The second-order valence-corrected chi connectivity index (χ2v) is 19.3. The van der Waals surface area contributed by atoms with Crippen LogP contribution < -0.4 is 5.32 Å². The van der Waals surface area contributed by atoms with E-state index >= 15 is 0 Å². The van der Waals surface area contributed by atoms with Crippen molar-refractivity contribution in [2.45, 2.75) is 212 Å². The minimum Gasteiger partial charge on any atom is -0.463 e. The first kappa shape index (κ1) is 65.2. The van der Waals surface area contributed by atoms with E-state index in [0.29, 0.717) is 0 Å². The average molecular weight is 1150 g/mol. The number of nitriles is 1. The first-order valence-electron chi connectivity index (χ1n) is 24.5. The summed E-state index contributed by atoms with van der Waals surface area (Å²) in [4.78, 5) is 140. The number of carbonyl (C=O) groups excluding carboxylic acids is 11. The van der Waals surface area contributed by atoms with Crippen molar-refractivity contribution >= 4 is 77.4 Å². The molecule has 31 heteroatoms. The Kier molecular flexibility index (Phi) is 24.6. The van der Waals surface area contributed by atoms with Gasteiger partial charge in [-0.15, -0.1) is 11.8 Å². The van der Waals surface area contributed by atoms with E-state index in [1.807, 2.05) is 6.07 Å². The highest BCUT2D eigenvalue weighted by atomic mass is 32.2. The van der Waals surface area contributed by atoms with E-state index in [2.05, 4.69) is 5.32 Å². The van der Waals surface area contributed by atoms with Crippen molar-refractivity contribution < 1.29 is 133 Å². The normalized spacial score (nSPS) is 34.1. The van der Waals surface area contributed by atoms with Gasteiger partial charge in [0.05, 0.1) is 30.1 Å². The summed E-state index contributed by atoms with van der Waals surface area (Å²) in [5, 5.41) is 12.5. The summed E-state index contributed by atoms with van der Waals surface area (Å²) >= 11 is 0.812. The van der Waals surface area contributed by atoms with E-state index in [1.54, 1.807) is 0 Å². The van der Waals surface area contributed by atoms with Gasteiger partial charge in [0.25, 0.3) is 0 Å². The molecule has 14 unspecified atom stereocenters. The lowest BCUT2D eigenvalue weighted by Gasteiger charge is -2.52. The highest BCUT2D eigenvalue weighted by Crippen LogP contribution is 2.41. The van der Waals surface area contributed by atoms with Crippen LogP contribution in [0.2, 0.25) is 0 Å². The Morgan fingerprint density at radius 2 is 0.734 bits per heavy atom. The van der Waals surface area contributed by atoms with E-state index in [1.165, 1.54) is 13.8 Å². The molecule has 1 amide bonds. The zero-order valence-corrected chi connectivity index (χ0v) is 46.3. The predicted octanol–water partition coefficient (Wildman–Crippen LogP) is -0.577. The minimum absolute atomic E-state index is 0.319. The van der Waals surface area contributed by atoms with Crippen molar-refractivity contribution in [2.24, 2.45) is 0 Å². The topological polar surface area (TPSA) is 380 Å². The largest absolute Gasteiger partial charge is 0.463 e. The third-order valence-electron chi connectivity index (χ3n) is 11.6. The van der Waals surface area contributed by atoms with E-state index in [4.69, 9.17) is 80.5 Å². The fraction of sp³-hybridized carbons (Fsp3) is 0.750. The van der Waals surface area contributed by atoms with Crippen LogP contribution in [0.5, 0.6) is 0 Å². The summed E-state index contributed by atoms with van der Waals surface area (Å²) in [6.07, 6.45) is -31.1. The third kappa shape index (κ3) is 18.9. The van der Waals surface area contributed by atoms with Crippen molar-refractivity contribution in [3.8, 4) is 6.07 Å². The standard InChI is InChI=1S/C48H66N2O28S/c1-18-34(66-23(6)54)39(69-26(9)57)42(72-29(12)60)45(64-18)76-36-32(17-63-22(5)53)75-48(79-15-14-49)33(50-20(3)51)38(36)77-47-44(41(71-28(11)59)37(68-25(8)56)31(74-47)16-62-21(4)52)78-46-43(73-30(13)61)40(70-27(10)58)35(19(2)65-46)67-24(7)55/h18-19,31-48H,15-17H2,1-13H3,(H,50,51)/t18?,19-,31-,32-,33?,34?,35?,36?,37?,38?,39?,40?,41?,42?,43?,44?,45?,46-,47-,48-/m0/s1. The molecule has 30 nitrogen and oxygen atoms in total. The maximum Gasteiger partial charge on any atom is 0.303 e. The van der Waals surface area contributed by atoms with Gasteiger partial charge in [-0.25, -0.2) is 0 Å². The highest BCUT2D eigenvalue weighted by molar-refractivity contribution is 8.00. The average Bonchev–Trinajstić information content (AvgIpc) is 3.31. The molecular formula is C48H66N2O28S. The van der Waals surface area contributed by atoms with E-state index in [-0.39, 0.29) is 5.75 Å². The maximum absolute atomic E-state index is 13.3. The Balaban J connectivity index is 2.09. The van der Waals surface area contributed by atoms with Crippen molar-refractivity contribution in [1.29, 1.82) is 5.26 Å².